The molecule has 0 atom stereocenters. The standard InChI is InChI=1S/C31H36F3N3O5S/c1-41-27-13-10-23(42-31(32,33)34)17-28(27)43(39,40)24-11-8-21(9-12-24)19-35-29(38)25-16-22-20-36-30(18-26(22)37-25)14-6-4-2-3-5-7-15-30/h8-13,16-17,36-37H,2-7,14-15,18-20H2,1H3,(H,35,38). The van der Waals surface area contributed by atoms with Crippen LogP contribution < -0.4 is 20.1 Å². The predicted molar refractivity (Wildman–Crippen MR) is 154 cm³/mol. The van der Waals surface area contributed by atoms with Gasteiger partial charge in [-0.15, -0.1) is 13.2 Å². The summed E-state index contributed by atoms with van der Waals surface area (Å²) in [5, 5.41) is 6.66. The molecule has 1 saturated carbocycles. The predicted octanol–water partition coefficient (Wildman–Crippen LogP) is 6.20. The van der Waals surface area contributed by atoms with E-state index in [2.05, 4.69) is 20.4 Å². The van der Waals surface area contributed by atoms with Gasteiger partial charge in [0, 0.05) is 36.8 Å². The van der Waals surface area contributed by atoms with Gasteiger partial charge in [-0.25, -0.2) is 8.42 Å². The van der Waals surface area contributed by atoms with Crippen LogP contribution in [0.15, 0.2) is 58.3 Å². The molecule has 2 heterocycles. The van der Waals surface area contributed by atoms with Gasteiger partial charge in [-0.1, -0.05) is 50.7 Å². The maximum atomic E-state index is 13.3. The number of aromatic nitrogens is 1. The van der Waals surface area contributed by atoms with Crippen molar-refractivity contribution in [2.24, 2.45) is 0 Å². The van der Waals surface area contributed by atoms with Crippen molar-refractivity contribution in [1.82, 2.24) is 15.6 Å². The quantitative estimate of drug-likeness (QED) is 0.291. The molecule has 1 aromatic heterocycles. The SMILES string of the molecule is COc1ccc(OC(F)(F)F)cc1S(=O)(=O)c1ccc(CNC(=O)c2cc3c([nH]2)CC2(CCCCCCCC2)NC3)cc1. The molecule has 2 aliphatic rings. The summed E-state index contributed by atoms with van der Waals surface area (Å²) < 4.78 is 73.6. The van der Waals surface area contributed by atoms with E-state index in [-0.39, 0.29) is 28.6 Å². The van der Waals surface area contributed by atoms with Gasteiger partial charge in [-0.3, -0.25) is 4.79 Å². The first-order valence-corrected chi connectivity index (χ1v) is 16.0. The minimum absolute atomic E-state index is 0.0781. The van der Waals surface area contributed by atoms with Gasteiger partial charge >= 0.3 is 6.36 Å². The van der Waals surface area contributed by atoms with Crippen LogP contribution in [0.25, 0.3) is 0 Å². The van der Waals surface area contributed by atoms with Gasteiger partial charge in [-0.2, -0.15) is 0 Å². The lowest BCUT2D eigenvalue weighted by Crippen LogP contribution is -2.49. The Kier molecular flexibility index (Phi) is 9.07. The molecule has 0 bridgehead atoms. The highest BCUT2D eigenvalue weighted by Gasteiger charge is 2.35. The molecule has 12 heteroatoms. The van der Waals surface area contributed by atoms with E-state index >= 15 is 0 Å². The van der Waals surface area contributed by atoms with Gasteiger partial charge in [0.1, 0.15) is 22.1 Å². The summed E-state index contributed by atoms with van der Waals surface area (Å²) in [7, 11) is -3.02. The second-order valence-corrected chi connectivity index (χ2v) is 13.2. The summed E-state index contributed by atoms with van der Waals surface area (Å²) in [5.74, 6) is -1.06. The van der Waals surface area contributed by atoms with Crippen molar-refractivity contribution in [2.75, 3.05) is 7.11 Å². The van der Waals surface area contributed by atoms with Gasteiger partial charge < -0.3 is 25.1 Å². The zero-order valence-electron chi connectivity index (χ0n) is 24.0. The highest BCUT2D eigenvalue weighted by molar-refractivity contribution is 7.91. The second-order valence-electron chi connectivity index (χ2n) is 11.3. The van der Waals surface area contributed by atoms with Crippen LogP contribution in [0.1, 0.15) is 78.7 Å². The molecule has 8 nitrogen and oxygen atoms in total. The molecule has 0 saturated heterocycles. The zero-order valence-corrected chi connectivity index (χ0v) is 24.8. The first-order valence-electron chi connectivity index (χ1n) is 14.5. The molecule has 1 aliphatic heterocycles. The van der Waals surface area contributed by atoms with Crippen molar-refractivity contribution in [2.45, 2.75) is 92.6 Å². The molecular weight excluding hydrogens is 583 g/mol. The molecule has 1 spiro atoms. The normalized spacial score (nSPS) is 17.3. The average molecular weight is 620 g/mol. The lowest BCUT2D eigenvalue weighted by Gasteiger charge is -2.38. The third-order valence-corrected chi connectivity index (χ3v) is 10.1. The van der Waals surface area contributed by atoms with Gasteiger partial charge in [0.15, 0.2) is 0 Å². The Bertz CT molecular complexity index is 1540. The smallest absolute Gasteiger partial charge is 0.495 e. The maximum Gasteiger partial charge on any atom is 0.573 e. The number of methoxy groups -OCH3 is 1. The average Bonchev–Trinajstić information content (AvgIpc) is 3.43. The van der Waals surface area contributed by atoms with E-state index in [1.807, 2.05) is 6.07 Å². The molecule has 43 heavy (non-hydrogen) atoms. The summed E-state index contributed by atoms with van der Waals surface area (Å²) in [6.45, 7) is 0.883. The van der Waals surface area contributed by atoms with E-state index in [4.69, 9.17) is 4.74 Å². The zero-order chi connectivity index (χ0) is 30.7. The van der Waals surface area contributed by atoms with E-state index in [9.17, 15) is 26.4 Å². The Morgan fingerprint density at radius 3 is 2.30 bits per heavy atom. The number of rotatable bonds is 7. The van der Waals surface area contributed by atoms with Crippen molar-refractivity contribution in [3.63, 3.8) is 0 Å². The lowest BCUT2D eigenvalue weighted by molar-refractivity contribution is -0.274. The minimum Gasteiger partial charge on any atom is -0.495 e. The van der Waals surface area contributed by atoms with Crippen molar-refractivity contribution in [3.05, 3.63) is 71.0 Å². The van der Waals surface area contributed by atoms with E-state index < -0.39 is 26.8 Å². The number of H-pyrrole nitrogens is 1. The van der Waals surface area contributed by atoms with Gasteiger partial charge in [0.25, 0.3) is 5.91 Å². The highest BCUT2D eigenvalue weighted by atomic mass is 32.2. The highest BCUT2D eigenvalue weighted by Crippen LogP contribution is 2.35. The van der Waals surface area contributed by atoms with Crippen LogP contribution >= 0.6 is 0 Å². The summed E-state index contributed by atoms with van der Waals surface area (Å²) in [6, 6.07) is 10.5. The van der Waals surface area contributed by atoms with E-state index in [1.165, 1.54) is 57.8 Å². The molecule has 1 amide bonds. The van der Waals surface area contributed by atoms with E-state index in [1.54, 1.807) is 12.1 Å². The number of ether oxygens (including phenoxy) is 2. The number of aromatic amines is 1. The molecule has 3 N–H and O–H groups in total. The molecule has 0 unspecified atom stereocenters. The van der Waals surface area contributed by atoms with Gasteiger partial charge in [0.2, 0.25) is 9.84 Å². The largest absolute Gasteiger partial charge is 0.573 e. The number of alkyl halides is 3. The van der Waals surface area contributed by atoms with Crippen molar-refractivity contribution in [1.29, 1.82) is 0 Å². The summed E-state index contributed by atoms with van der Waals surface area (Å²) in [5.41, 5.74) is 3.42. The van der Waals surface area contributed by atoms with E-state index in [0.29, 0.717) is 11.3 Å². The molecule has 1 aliphatic carbocycles. The number of sulfone groups is 1. The summed E-state index contributed by atoms with van der Waals surface area (Å²) in [6.07, 6.45) is 5.73. The van der Waals surface area contributed by atoms with Crippen molar-refractivity contribution in [3.8, 4) is 11.5 Å². The van der Waals surface area contributed by atoms with Crippen LogP contribution in [0.3, 0.4) is 0 Å². The summed E-state index contributed by atoms with van der Waals surface area (Å²) in [4.78, 5) is 15.7. The molecule has 3 aromatic rings. The monoisotopic (exact) mass is 619 g/mol. The molecule has 1 fully saturated rings. The van der Waals surface area contributed by atoms with Crippen LogP contribution in [0.5, 0.6) is 11.5 Å². The van der Waals surface area contributed by atoms with Crippen LogP contribution in [-0.2, 0) is 29.3 Å². The number of amides is 1. The topological polar surface area (TPSA) is 110 Å². The van der Waals surface area contributed by atoms with Gasteiger partial charge in [0.05, 0.1) is 12.0 Å². The summed E-state index contributed by atoms with van der Waals surface area (Å²) >= 11 is 0. The number of fused-ring (bicyclic) bond motifs is 1. The third kappa shape index (κ3) is 7.35. The Hall–Kier alpha value is -3.51. The third-order valence-electron chi connectivity index (χ3n) is 8.31. The molecular formula is C31H36F3N3O5S. The first-order chi connectivity index (χ1) is 20.5. The Balaban J connectivity index is 1.24. The van der Waals surface area contributed by atoms with E-state index in [0.717, 1.165) is 55.3 Å². The minimum atomic E-state index is -4.98. The maximum absolute atomic E-state index is 13.3. The molecule has 2 aromatic carbocycles. The number of benzene rings is 2. The van der Waals surface area contributed by atoms with Crippen molar-refractivity contribution >= 4 is 15.7 Å². The van der Waals surface area contributed by atoms with Crippen LogP contribution in [0.4, 0.5) is 13.2 Å². The number of nitrogens with one attached hydrogen (secondary N) is 3. The molecule has 0 radical (unpaired) electrons. The fourth-order valence-corrected chi connectivity index (χ4v) is 7.47. The number of hydrogen-bond donors (Lipinski definition) is 3. The fraction of sp³-hybridized carbons (Fsp3) is 0.452. The number of carbonyl (C=O) groups excluding carboxylic acids is 1. The van der Waals surface area contributed by atoms with Crippen LogP contribution in [-0.4, -0.2) is 38.3 Å². The Morgan fingerprint density at radius 1 is 0.977 bits per heavy atom. The van der Waals surface area contributed by atoms with Crippen LogP contribution in [0.2, 0.25) is 0 Å². The van der Waals surface area contributed by atoms with Crippen LogP contribution in [0, 0.1) is 0 Å². The number of hydrogen-bond acceptors (Lipinski definition) is 6. The molecule has 232 valence electrons. The number of halogens is 3. The Labute approximate surface area is 249 Å². The lowest BCUT2D eigenvalue weighted by atomic mass is 9.80. The molecule has 5 rings (SSSR count). The van der Waals surface area contributed by atoms with Crippen molar-refractivity contribution < 1.29 is 35.9 Å². The number of carbonyl (C=O) groups is 1. The second kappa shape index (κ2) is 12.6. The Morgan fingerprint density at radius 2 is 1.65 bits per heavy atom. The fourth-order valence-electron chi connectivity index (χ4n) is 6.03. The van der Waals surface area contributed by atoms with Gasteiger partial charge in [-0.05, 0) is 54.3 Å². The first kappa shape index (κ1) is 30.9.